The molecule has 1 atom stereocenters. The topological polar surface area (TPSA) is 64.4 Å². The second kappa shape index (κ2) is 6.35. The van der Waals surface area contributed by atoms with E-state index in [1.54, 1.807) is 26.2 Å². The number of nitro groups is 1. The molecule has 0 heterocycles. The van der Waals surface area contributed by atoms with Gasteiger partial charge in [0.15, 0.2) is 0 Å². The van der Waals surface area contributed by atoms with Crippen molar-refractivity contribution in [1.82, 2.24) is 0 Å². The van der Waals surface area contributed by atoms with Gasteiger partial charge < -0.3 is 10.1 Å². The minimum Gasteiger partial charge on any atom is -0.383 e. The van der Waals surface area contributed by atoms with Crippen LogP contribution >= 0.6 is 0 Å². The first kappa shape index (κ1) is 14.4. The Kier molecular flexibility index (Phi) is 5.09. The zero-order chi connectivity index (χ0) is 13.7. The van der Waals surface area contributed by atoms with Crippen LogP contribution in [0.25, 0.3) is 0 Å². The van der Waals surface area contributed by atoms with E-state index in [0.29, 0.717) is 18.1 Å². The maximum atomic E-state index is 10.9. The SMILES string of the molecule is COCC(Nc1ccc(C)c([N+](=O)[O-])c1)C(C)C. The van der Waals surface area contributed by atoms with Gasteiger partial charge in [-0.1, -0.05) is 19.9 Å². The molecule has 0 fully saturated rings. The first-order valence-electron chi connectivity index (χ1n) is 5.96. The molecule has 0 radical (unpaired) electrons. The smallest absolute Gasteiger partial charge is 0.274 e. The van der Waals surface area contributed by atoms with Gasteiger partial charge in [0.05, 0.1) is 17.6 Å². The van der Waals surface area contributed by atoms with Crippen LogP contribution in [0.3, 0.4) is 0 Å². The monoisotopic (exact) mass is 252 g/mol. The van der Waals surface area contributed by atoms with Crippen molar-refractivity contribution in [2.75, 3.05) is 19.0 Å². The third-order valence-electron chi connectivity index (χ3n) is 2.91. The van der Waals surface area contributed by atoms with Gasteiger partial charge in [-0.3, -0.25) is 10.1 Å². The molecule has 5 nitrogen and oxygen atoms in total. The zero-order valence-electron chi connectivity index (χ0n) is 11.3. The molecule has 100 valence electrons. The number of rotatable bonds is 6. The molecule has 1 aromatic rings. The largest absolute Gasteiger partial charge is 0.383 e. The van der Waals surface area contributed by atoms with Gasteiger partial charge in [0, 0.05) is 24.4 Å². The molecule has 0 spiro atoms. The van der Waals surface area contributed by atoms with E-state index in [4.69, 9.17) is 4.74 Å². The lowest BCUT2D eigenvalue weighted by molar-refractivity contribution is -0.385. The number of hydrogen-bond acceptors (Lipinski definition) is 4. The van der Waals surface area contributed by atoms with Crippen LogP contribution in [0, 0.1) is 23.0 Å². The van der Waals surface area contributed by atoms with E-state index in [2.05, 4.69) is 19.2 Å². The molecule has 0 aliphatic rings. The fraction of sp³-hybridized carbons (Fsp3) is 0.538. The molecule has 1 aromatic carbocycles. The van der Waals surface area contributed by atoms with Crippen molar-refractivity contribution in [3.8, 4) is 0 Å². The summed E-state index contributed by atoms with van der Waals surface area (Å²) in [6.45, 7) is 6.47. The Morgan fingerprint density at radius 3 is 2.61 bits per heavy atom. The molecule has 1 N–H and O–H groups in total. The maximum absolute atomic E-state index is 10.9. The molecular weight excluding hydrogens is 232 g/mol. The lowest BCUT2D eigenvalue weighted by Crippen LogP contribution is -2.30. The summed E-state index contributed by atoms with van der Waals surface area (Å²) in [5, 5.41) is 14.1. The fourth-order valence-corrected chi connectivity index (χ4v) is 1.69. The summed E-state index contributed by atoms with van der Waals surface area (Å²) in [5.41, 5.74) is 1.56. The summed E-state index contributed by atoms with van der Waals surface area (Å²) in [5.74, 6) is 0.380. The van der Waals surface area contributed by atoms with Crippen molar-refractivity contribution in [2.45, 2.75) is 26.8 Å². The molecule has 0 amide bonds. The van der Waals surface area contributed by atoms with Gasteiger partial charge in [-0.05, 0) is 18.9 Å². The van der Waals surface area contributed by atoms with E-state index in [9.17, 15) is 10.1 Å². The molecule has 18 heavy (non-hydrogen) atoms. The van der Waals surface area contributed by atoms with Crippen molar-refractivity contribution >= 4 is 11.4 Å². The number of nitrogens with one attached hydrogen (secondary N) is 1. The molecule has 0 saturated carbocycles. The Balaban J connectivity index is 2.89. The number of methoxy groups -OCH3 is 1. The van der Waals surface area contributed by atoms with E-state index < -0.39 is 0 Å². The summed E-state index contributed by atoms with van der Waals surface area (Å²) < 4.78 is 5.14. The number of ether oxygens (including phenoxy) is 1. The van der Waals surface area contributed by atoms with Gasteiger partial charge in [-0.25, -0.2) is 0 Å². The van der Waals surface area contributed by atoms with Gasteiger partial charge in [-0.2, -0.15) is 0 Å². The van der Waals surface area contributed by atoms with Gasteiger partial charge in [-0.15, -0.1) is 0 Å². The molecule has 0 aliphatic carbocycles. The van der Waals surface area contributed by atoms with Crippen molar-refractivity contribution in [3.63, 3.8) is 0 Å². The Bertz CT molecular complexity index is 419. The average molecular weight is 252 g/mol. The molecule has 0 saturated heterocycles. The molecule has 0 aliphatic heterocycles. The van der Waals surface area contributed by atoms with Gasteiger partial charge >= 0.3 is 0 Å². The molecule has 1 rings (SSSR count). The average Bonchev–Trinajstić information content (AvgIpc) is 2.30. The number of nitrogens with zero attached hydrogens (tertiary/aromatic N) is 1. The standard InChI is InChI=1S/C13H20N2O3/c1-9(2)12(8-18-4)14-11-6-5-10(3)13(7-11)15(16)17/h5-7,9,12,14H,8H2,1-4H3. The van der Waals surface area contributed by atoms with E-state index in [1.807, 2.05) is 6.07 Å². The Morgan fingerprint density at radius 2 is 2.11 bits per heavy atom. The fourth-order valence-electron chi connectivity index (χ4n) is 1.69. The number of hydrogen-bond donors (Lipinski definition) is 1. The first-order chi connectivity index (χ1) is 8.45. The van der Waals surface area contributed by atoms with Crippen LogP contribution in [-0.4, -0.2) is 24.7 Å². The highest BCUT2D eigenvalue weighted by Crippen LogP contribution is 2.23. The Labute approximate surface area is 107 Å². The van der Waals surface area contributed by atoms with Crippen molar-refractivity contribution < 1.29 is 9.66 Å². The number of anilines is 1. The normalized spacial score (nSPS) is 12.5. The van der Waals surface area contributed by atoms with Crippen molar-refractivity contribution in [3.05, 3.63) is 33.9 Å². The van der Waals surface area contributed by atoms with Crippen molar-refractivity contribution in [1.29, 1.82) is 0 Å². The molecular formula is C13H20N2O3. The number of nitro benzene ring substituents is 1. The first-order valence-corrected chi connectivity index (χ1v) is 5.96. The maximum Gasteiger partial charge on any atom is 0.274 e. The number of benzene rings is 1. The second-order valence-corrected chi connectivity index (χ2v) is 4.71. The highest BCUT2D eigenvalue weighted by Gasteiger charge is 2.16. The highest BCUT2D eigenvalue weighted by molar-refractivity contribution is 5.55. The van der Waals surface area contributed by atoms with Crippen LogP contribution in [0.15, 0.2) is 18.2 Å². The third kappa shape index (κ3) is 3.70. The summed E-state index contributed by atoms with van der Waals surface area (Å²) in [6.07, 6.45) is 0. The summed E-state index contributed by atoms with van der Waals surface area (Å²) in [6, 6.07) is 5.32. The van der Waals surface area contributed by atoms with Gasteiger partial charge in [0.1, 0.15) is 0 Å². The quantitative estimate of drug-likeness (QED) is 0.624. The zero-order valence-corrected chi connectivity index (χ0v) is 11.3. The van der Waals surface area contributed by atoms with E-state index >= 15 is 0 Å². The van der Waals surface area contributed by atoms with Crippen LogP contribution in [0.4, 0.5) is 11.4 Å². The minimum atomic E-state index is -0.360. The van der Waals surface area contributed by atoms with Crippen LogP contribution in [-0.2, 0) is 4.74 Å². The molecule has 5 heteroatoms. The van der Waals surface area contributed by atoms with Crippen LogP contribution < -0.4 is 5.32 Å². The van der Waals surface area contributed by atoms with Crippen LogP contribution in [0.1, 0.15) is 19.4 Å². The van der Waals surface area contributed by atoms with Crippen LogP contribution in [0.2, 0.25) is 0 Å². The lowest BCUT2D eigenvalue weighted by atomic mass is 10.0. The van der Waals surface area contributed by atoms with E-state index in [-0.39, 0.29) is 16.7 Å². The highest BCUT2D eigenvalue weighted by atomic mass is 16.6. The summed E-state index contributed by atoms with van der Waals surface area (Å²) in [4.78, 5) is 10.5. The predicted molar refractivity (Wildman–Crippen MR) is 72.0 cm³/mol. The third-order valence-corrected chi connectivity index (χ3v) is 2.91. The molecule has 0 bridgehead atoms. The predicted octanol–water partition coefficient (Wildman–Crippen LogP) is 2.99. The van der Waals surface area contributed by atoms with Crippen LogP contribution in [0.5, 0.6) is 0 Å². The Morgan fingerprint density at radius 1 is 1.44 bits per heavy atom. The van der Waals surface area contributed by atoms with Gasteiger partial charge in [0.25, 0.3) is 5.69 Å². The molecule has 1 unspecified atom stereocenters. The minimum absolute atomic E-state index is 0.136. The van der Waals surface area contributed by atoms with E-state index in [0.717, 1.165) is 5.69 Å². The van der Waals surface area contributed by atoms with E-state index in [1.165, 1.54) is 0 Å². The summed E-state index contributed by atoms with van der Waals surface area (Å²) >= 11 is 0. The van der Waals surface area contributed by atoms with Crippen molar-refractivity contribution in [2.24, 2.45) is 5.92 Å². The molecule has 0 aromatic heterocycles. The summed E-state index contributed by atoms with van der Waals surface area (Å²) in [7, 11) is 1.65. The Hall–Kier alpha value is -1.62. The lowest BCUT2D eigenvalue weighted by Gasteiger charge is -2.22. The second-order valence-electron chi connectivity index (χ2n) is 4.71. The van der Waals surface area contributed by atoms with Gasteiger partial charge in [0.2, 0.25) is 0 Å². The number of aryl methyl sites for hydroxylation is 1.